The van der Waals surface area contributed by atoms with E-state index < -0.39 is 5.97 Å². The fraction of sp³-hybridized carbons (Fsp3) is 0.556. The minimum absolute atomic E-state index is 0.0828. The molecule has 0 aromatic carbocycles. The highest BCUT2D eigenvalue weighted by atomic mass is 16.4. The molecule has 0 spiro atoms. The fourth-order valence-electron chi connectivity index (χ4n) is 0.655. The van der Waals surface area contributed by atoms with Crippen molar-refractivity contribution < 1.29 is 9.90 Å². The number of carbonyl (C=O) groups is 1. The first kappa shape index (κ1) is 11.7. The zero-order valence-corrected chi connectivity index (χ0v) is 8.08. The van der Waals surface area contributed by atoms with Crippen molar-refractivity contribution in [2.45, 2.75) is 26.7 Å². The third-order valence-electron chi connectivity index (χ3n) is 1.38. The second-order valence-electron chi connectivity index (χ2n) is 2.58. The molecule has 0 aromatic heterocycles. The molecule has 0 amide bonds. The van der Waals surface area contributed by atoms with Crippen LogP contribution in [0.15, 0.2) is 17.3 Å². The van der Waals surface area contributed by atoms with Crippen molar-refractivity contribution >= 4 is 11.7 Å². The van der Waals surface area contributed by atoms with Gasteiger partial charge in [-0.25, -0.2) is 4.79 Å². The Balaban J connectivity index is 3.50. The summed E-state index contributed by atoms with van der Waals surface area (Å²) in [6.45, 7) is 4.19. The average Bonchev–Trinajstić information content (AvgIpc) is 2.10. The van der Waals surface area contributed by atoms with Gasteiger partial charge >= 0.3 is 5.97 Å². The number of nitrogens with one attached hydrogen (secondary N) is 1. The number of allylic oxidation sites excluding steroid dienone is 1. The summed E-state index contributed by atoms with van der Waals surface area (Å²) in [5, 5.41) is 12.1. The third kappa shape index (κ3) is 7.05. The van der Waals surface area contributed by atoms with Crippen LogP contribution in [0, 0.1) is 0 Å². The Bertz CT molecular complexity index is 210. The maximum atomic E-state index is 10.3. The molecule has 0 radical (unpaired) electrons. The first-order valence-corrected chi connectivity index (χ1v) is 4.34. The maximum absolute atomic E-state index is 10.3. The summed E-state index contributed by atoms with van der Waals surface area (Å²) in [4.78, 5) is 10.3. The van der Waals surface area contributed by atoms with Crippen LogP contribution in [-0.4, -0.2) is 23.3 Å². The zero-order valence-electron chi connectivity index (χ0n) is 8.08. The van der Waals surface area contributed by atoms with Crippen LogP contribution in [0.1, 0.15) is 26.7 Å². The Morgan fingerprint density at radius 3 is 2.77 bits per heavy atom. The lowest BCUT2D eigenvalue weighted by molar-refractivity contribution is -0.129. The molecule has 0 aliphatic rings. The molecule has 0 saturated carbocycles. The Morgan fingerprint density at radius 2 is 2.23 bits per heavy atom. The summed E-state index contributed by atoms with van der Waals surface area (Å²) < 4.78 is 0. The molecule has 0 aliphatic heterocycles. The fourth-order valence-corrected chi connectivity index (χ4v) is 0.655. The van der Waals surface area contributed by atoms with E-state index in [0.717, 1.165) is 12.8 Å². The SMILES string of the molecule is CC/C=C/CCN/N=C(/C)C(=O)O. The smallest absolute Gasteiger partial charge is 0.351 e. The normalized spacial score (nSPS) is 12.0. The van der Waals surface area contributed by atoms with Gasteiger partial charge in [0.05, 0.1) is 0 Å². The van der Waals surface area contributed by atoms with E-state index in [1.165, 1.54) is 6.92 Å². The van der Waals surface area contributed by atoms with Crippen molar-refractivity contribution in [2.75, 3.05) is 6.54 Å². The predicted molar refractivity (Wildman–Crippen MR) is 52.8 cm³/mol. The largest absolute Gasteiger partial charge is 0.477 e. The van der Waals surface area contributed by atoms with Crippen LogP contribution in [-0.2, 0) is 4.79 Å². The molecule has 74 valence electrons. The second-order valence-corrected chi connectivity index (χ2v) is 2.58. The van der Waals surface area contributed by atoms with Crippen LogP contribution >= 0.6 is 0 Å². The predicted octanol–water partition coefficient (Wildman–Crippen LogP) is 1.39. The topological polar surface area (TPSA) is 61.7 Å². The van der Waals surface area contributed by atoms with E-state index in [-0.39, 0.29) is 5.71 Å². The van der Waals surface area contributed by atoms with Crippen LogP contribution in [0.2, 0.25) is 0 Å². The summed E-state index contributed by atoms with van der Waals surface area (Å²) in [7, 11) is 0. The van der Waals surface area contributed by atoms with Gasteiger partial charge < -0.3 is 10.5 Å². The first-order valence-electron chi connectivity index (χ1n) is 4.34. The molecular weight excluding hydrogens is 168 g/mol. The van der Waals surface area contributed by atoms with E-state index >= 15 is 0 Å². The van der Waals surface area contributed by atoms with Crippen LogP contribution in [0.5, 0.6) is 0 Å². The van der Waals surface area contributed by atoms with E-state index in [9.17, 15) is 4.79 Å². The summed E-state index contributed by atoms with van der Waals surface area (Å²) in [5.41, 5.74) is 2.76. The van der Waals surface area contributed by atoms with Crippen molar-refractivity contribution in [3.8, 4) is 0 Å². The Morgan fingerprint density at radius 1 is 1.54 bits per heavy atom. The summed E-state index contributed by atoms with van der Waals surface area (Å²) in [6, 6.07) is 0. The lowest BCUT2D eigenvalue weighted by atomic mass is 10.3. The number of carboxylic acids is 1. The minimum Gasteiger partial charge on any atom is -0.477 e. The molecule has 0 saturated heterocycles. The summed E-state index contributed by atoms with van der Waals surface area (Å²) in [5.74, 6) is -0.989. The van der Waals surface area contributed by atoms with Gasteiger partial charge in [-0.3, -0.25) is 0 Å². The summed E-state index contributed by atoms with van der Waals surface area (Å²) in [6.07, 6.45) is 6.00. The molecule has 0 unspecified atom stereocenters. The molecule has 0 rings (SSSR count). The van der Waals surface area contributed by atoms with Gasteiger partial charge in [0.25, 0.3) is 0 Å². The molecule has 0 aromatic rings. The maximum Gasteiger partial charge on any atom is 0.351 e. The number of hydrogen-bond acceptors (Lipinski definition) is 3. The van der Waals surface area contributed by atoms with Crippen molar-refractivity contribution in [1.82, 2.24) is 5.43 Å². The van der Waals surface area contributed by atoms with Crippen LogP contribution < -0.4 is 5.43 Å². The standard InChI is InChI=1S/C9H16N2O2/c1-3-4-5-6-7-10-11-8(2)9(12)13/h4-5,10H,3,6-7H2,1-2H3,(H,12,13)/b5-4+,11-8-. The van der Waals surface area contributed by atoms with Crippen LogP contribution in [0.3, 0.4) is 0 Å². The van der Waals surface area contributed by atoms with Crippen LogP contribution in [0.4, 0.5) is 0 Å². The van der Waals surface area contributed by atoms with Crippen molar-refractivity contribution in [2.24, 2.45) is 5.10 Å². The molecule has 2 N–H and O–H groups in total. The van der Waals surface area contributed by atoms with Gasteiger partial charge in [-0.05, 0) is 19.8 Å². The Kier molecular flexibility index (Phi) is 6.59. The molecular formula is C9H16N2O2. The van der Waals surface area contributed by atoms with Gasteiger partial charge in [0.2, 0.25) is 0 Å². The monoisotopic (exact) mass is 184 g/mol. The molecule has 13 heavy (non-hydrogen) atoms. The number of carboxylic acid groups (broad SMARTS) is 1. The molecule has 4 heteroatoms. The van der Waals surface area contributed by atoms with E-state index in [2.05, 4.69) is 23.5 Å². The highest BCUT2D eigenvalue weighted by Crippen LogP contribution is 1.84. The van der Waals surface area contributed by atoms with Gasteiger partial charge in [0.15, 0.2) is 0 Å². The summed E-state index contributed by atoms with van der Waals surface area (Å²) >= 11 is 0. The van der Waals surface area contributed by atoms with Gasteiger partial charge in [-0.1, -0.05) is 19.1 Å². The number of hydrogen-bond donors (Lipinski definition) is 2. The van der Waals surface area contributed by atoms with E-state index in [1.54, 1.807) is 0 Å². The first-order chi connectivity index (χ1) is 6.18. The van der Waals surface area contributed by atoms with Crippen molar-refractivity contribution in [1.29, 1.82) is 0 Å². The number of rotatable bonds is 6. The van der Waals surface area contributed by atoms with E-state index in [0.29, 0.717) is 6.54 Å². The third-order valence-corrected chi connectivity index (χ3v) is 1.38. The minimum atomic E-state index is -0.989. The lowest BCUT2D eigenvalue weighted by Gasteiger charge is -1.97. The molecule has 0 fully saturated rings. The molecule has 0 heterocycles. The highest BCUT2D eigenvalue weighted by molar-refractivity contribution is 6.34. The molecule has 0 aliphatic carbocycles. The highest BCUT2D eigenvalue weighted by Gasteiger charge is 1.99. The lowest BCUT2D eigenvalue weighted by Crippen LogP contribution is -2.15. The van der Waals surface area contributed by atoms with Gasteiger partial charge in [-0.2, -0.15) is 5.10 Å². The van der Waals surface area contributed by atoms with Gasteiger partial charge in [0, 0.05) is 6.54 Å². The second kappa shape index (κ2) is 7.34. The number of aliphatic carboxylic acids is 1. The van der Waals surface area contributed by atoms with Gasteiger partial charge in [0.1, 0.15) is 5.71 Å². The number of hydrazone groups is 1. The Hall–Kier alpha value is -1.32. The van der Waals surface area contributed by atoms with Crippen LogP contribution in [0.25, 0.3) is 0 Å². The van der Waals surface area contributed by atoms with E-state index in [4.69, 9.17) is 5.11 Å². The molecule has 0 bridgehead atoms. The number of nitrogens with zero attached hydrogens (tertiary/aromatic N) is 1. The quantitative estimate of drug-likeness (QED) is 0.284. The van der Waals surface area contributed by atoms with E-state index in [1.807, 2.05) is 6.08 Å². The van der Waals surface area contributed by atoms with Gasteiger partial charge in [-0.15, -0.1) is 0 Å². The molecule has 0 atom stereocenters. The van der Waals surface area contributed by atoms with Crippen molar-refractivity contribution in [3.63, 3.8) is 0 Å². The zero-order chi connectivity index (χ0) is 10.1. The average molecular weight is 184 g/mol. The Labute approximate surface area is 78.3 Å². The molecule has 4 nitrogen and oxygen atoms in total. The van der Waals surface area contributed by atoms with Crippen molar-refractivity contribution in [3.05, 3.63) is 12.2 Å².